The van der Waals surface area contributed by atoms with E-state index in [4.69, 9.17) is 11.6 Å². The van der Waals surface area contributed by atoms with Crippen LogP contribution in [0.3, 0.4) is 0 Å². The van der Waals surface area contributed by atoms with Gasteiger partial charge in [-0.15, -0.1) is 0 Å². The summed E-state index contributed by atoms with van der Waals surface area (Å²) in [5.74, 6) is -2.67. The Bertz CT molecular complexity index is 488. The summed E-state index contributed by atoms with van der Waals surface area (Å²) in [6, 6.07) is 3.87. The van der Waals surface area contributed by atoms with E-state index in [0.717, 1.165) is 0 Å². The molecule has 0 heterocycles. The molecule has 0 aromatic heterocycles. The minimum absolute atomic E-state index is 0.166. The topological polar surface area (TPSA) is 46.4 Å². The van der Waals surface area contributed by atoms with E-state index in [1.807, 2.05) is 0 Å². The maximum absolute atomic E-state index is 12.8. The van der Waals surface area contributed by atoms with Crippen molar-refractivity contribution in [3.63, 3.8) is 0 Å². The van der Waals surface area contributed by atoms with Gasteiger partial charge in [-0.3, -0.25) is 10.1 Å². The van der Waals surface area contributed by atoms with Crippen LogP contribution in [0.25, 0.3) is 0 Å². The normalized spacial score (nSPS) is 18.2. The molecule has 1 aromatic rings. The molecule has 1 saturated carbocycles. The first-order valence-electron chi connectivity index (χ1n) is 5.35. The molecule has 0 N–H and O–H groups in total. The number of para-hydroxylation sites is 1. The van der Waals surface area contributed by atoms with E-state index in [2.05, 4.69) is 0 Å². The van der Waals surface area contributed by atoms with Gasteiger partial charge < -0.3 is 4.90 Å². The van der Waals surface area contributed by atoms with Crippen molar-refractivity contribution in [1.82, 2.24) is 0 Å². The van der Waals surface area contributed by atoms with Crippen LogP contribution in [0.5, 0.6) is 0 Å². The molecule has 0 saturated heterocycles. The van der Waals surface area contributed by atoms with Crippen molar-refractivity contribution in [2.24, 2.45) is 0 Å². The van der Waals surface area contributed by atoms with Gasteiger partial charge in [-0.25, -0.2) is 8.78 Å². The first-order chi connectivity index (χ1) is 8.32. The molecule has 1 fully saturated rings. The zero-order valence-electron chi connectivity index (χ0n) is 9.57. The van der Waals surface area contributed by atoms with Gasteiger partial charge in [0.1, 0.15) is 5.69 Å². The second kappa shape index (κ2) is 4.35. The molecule has 4 nitrogen and oxygen atoms in total. The molecule has 0 spiro atoms. The van der Waals surface area contributed by atoms with Gasteiger partial charge in [0.05, 0.1) is 9.95 Å². The zero-order chi connectivity index (χ0) is 13.5. The molecule has 0 unspecified atom stereocenters. The lowest BCUT2D eigenvalue weighted by Crippen LogP contribution is -2.49. The fourth-order valence-electron chi connectivity index (χ4n) is 2.09. The fourth-order valence-corrected chi connectivity index (χ4v) is 2.39. The Labute approximate surface area is 107 Å². The van der Waals surface area contributed by atoms with Crippen LogP contribution in [0.1, 0.15) is 12.8 Å². The molecule has 18 heavy (non-hydrogen) atoms. The molecule has 0 atom stereocenters. The third-order valence-corrected chi connectivity index (χ3v) is 3.44. The van der Waals surface area contributed by atoms with Crippen LogP contribution in [-0.4, -0.2) is 23.9 Å². The number of nitrogens with zero attached hydrogens (tertiary/aromatic N) is 2. The predicted molar refractivity (Wildman–Crippen MR) is 64.5 cm³/mol. The second-order valence-corrected chi connectivity index (χ2v) is 4.80. The summed E-state index contributed by atoms with van der Waals surface area (Å²) in [5, 5.41) is 11.1. The molecule has 0 amide bonds. The fraction of sp³-hybridized carbons (Fsp3) is 0.455. The highest BCUT2D eigenvalue weighted by molar-refractivity contribution is 6.33. The second-order valence-electron chi connectivity index (χ2n) is 4.39. The molecular formula is C11H11ClF2N2O2. The highest BCUT2D eigenvalue weighted by Crippen LogP contribution is 2.44. The third kappa shape index (κ3) is 2.25. The Morgan fingerprint density at radius 3 is 2.61 bits per heavy atom. The molecular weight excluding hydrogens is 266 g/mol. The number of nitro groups is 1. The van der Waals surface area contributed by atoms with E-state index in [-0.39, 0.29) is 29.2 Å². The number of nitro benzene ring substituents is 1. The standard InChI is InChI=1S/C11H11ClF2N2O2/c1-15(7-5-11(13,14)6-7)10-8(12)3-2-4-9(10)16(17)18/h2-4,7H,5-6H2,1H3. The summed E-state index contributed by atoms with van der Waals surface area (Å²) in [6.45, 7) is 0. The van der Waals surface area contributed by atoms with Crippen LogP contribution in [0.2, 0.25) is 5.02 Å². The summed E-state index contributed by atoms with van der Waals surface area (Å²) in [7, 11) is 1.55. The molecule has 0 aliphatic heterocycles. The van der Waals surface area contributed by atoms with E-state index in [1.165, 1.54) is 23.1 Å². The monoisotopic (exact) mass is 276 g/mol. The first kappa shape index (κ1) is 13.0. The van der Waals surface area contributed by atoms with Crippen molar-refractivity contribution in [3.05, 3.63) is 33.3 Å². The number of halogens is 3. The number of alkyl halides is 2. The summed E-state index contributed by atoms with van der Waals surface area (Å²) >= 11 is 5.93. The van der Waals surface area contributed by atoms with Gasteiger partial charge in [-0.05, 0) is 6.07 Å². The summed E-state index contributed by atoms with van der Waals surface area (Å²) in [4.78, 5) is 11.8. The average Bonchev–Trinajstić information content (AvgIpc) is 2.24. The minimum Gasteiger partial charge on any atom is -0.364 e. The van der Waals surface area contributed by atoms with Crippen LogP contribution in [-0.2, 0) is 0 Å². The number of hydrogen-bond acceptors (Lipinski definition) is 3. The minimum atomic E-state index is -2.67. The largest absolute Gasteiger partial charge is 0.364 e. The Morgan fingerprint density at radius 2 is 2.11 bits per heavy atom. The van der Waals surface area contributed by atoms with E-state index in [1.54, 1.807) is 7.05 Å². The van der Waals surface area contributed by atoms with Crippen LogP contribution in [0, 0.1) is 10.1 Å². The van der Waals surface area contributed by atoms with Crippen molar-refractivity contribution in [2.75, 3.05) is 11.9 Å². The van der Waals surface area contributed by atoms with E-state index >= 15 is 0 Å². The van der Waals surface area contributed by atoms with Crippen molar-refractivity contribution in [3.8, 4) is 0 Å². The first-order valence-corrected chi connectivity index (χ1v) is 5.73. The maximum Gasteiger partial charge on any atom is 0.294 e. The lowest BCUT2D eigenvalue weighted by Gasteiger charge is -2.41. The van der Waals surface area contributed by atoms with Gasteiger partial charge in [0.25, 0.3) is 11.6 Å². The number of benzene rings is 1. The smallest absolute Gasteiger partial charge is 0.294 e. The van der Waals surface area contributed by atoms with Gasteiger partial charge in [0.15, 0.2) is 0 Å². The molecule has 1 aliphatic carbocycles. The zero-order valence-corrected chi connectivity index (χ0v) is 10.3. The highest BCUT2D eigenvalue weighted by atomic mass is 35.5. The molecule has 2 rings (SSSR count). The summed E-state index contributed by atoms with van der Waals surface area (Å²) in [5.41, 5.74) is 0.0323. The molecule has 0 bridgehead atoms. The molecule has 7 heteroatoms. The van der Waals surface area contributed by atoms with E-state index in [0.29, 0.717) is 0 Å². The summed E-state index contributed by atoms with van der Waals surface area (Å²) < 4.78 is 25.7. The van der Waals surface area contributed by atoms with Gasteiger partial charge in [-0.2, -0.15) is 0 Å². The van der Waals surface area contributed by atoms with Crippen molar-refractivity contribution < 1.29 is 13.7 Å². The third-order valence-electron chi connectivity index (χ3n) is 3.13. The SMILES string of the molecule is CN(c1c(Cl)cccc1[N+](=O)[O-])C1CC(F)(F)C1. The van der Waals surface area contributed by atoms with Crippen LogP contribution < -0.4 is 4.90 Å². The Kier molecular flexibility index (Phi) is 3.14. The molecule has 1 aromatic carbocycles. The molecule has 1 aliphatic rings. The van der Waals surface area contributed by atoms with Crippen molar-refractivity contribution in [1.29, 1.82) is 0 Å². The average molecular weight is 277 g/mol. The van der Waals surface area contributed by atoms with Gasteiger partial charge in [0.2, 0.25) is 0 Å². The Hall–Kier alpha value is -1.43. The van der Waals surface area contributed by atoms with Gasteiger partial charge >= 0.3 is 0 Å². The van der Waals surface area contributed by atoms with Crippen LogP contribution in [0.15, 0.2) is 18.2 Å². The number of hydrogen-bond donors (Lipinski definition) is 0. The molecule has 98 valence electrons. The summed E-state index contributed by atoms with van der Waals surface area (Å²) in [6.07, 6.45) is -0.599. The van der Waals surface area contributed by atoms with Gasteiger partial charge in [0, 0.05) is 32.0 Å². The van der Waals surface area contributed by atoms with E-state index in [9.17, 15) is 18.9 Å². The van der Waals surface area contributed by atoms with Crippen molar-refractivity contribution >= 4 is 23.0 Å². The van der Waals surface area contributed by atoms with Crippen LogP contribution in [0.4, 0.5) is 20.2 Å². The van der Waals surface area contributed by atoms with E-state index < -0.39 is 16.9 Å². The number of rotatable bonds is 3. The van der Waals surface area contributed by atoms with Crippen LogP contribution >= 0.6 is 11.6 Å². The highest BCUT2D eigenvalue weighted by Gasteiger charge is 2.48. The Balaban J connectivity index is 2.30. The molecule has 0 radical (unpaired) electrons. The quantitative estimate of drug-likeness (QED) is 0.627. The van der Waals surface area contributed by atoms with Gasteiger partial charge in [-0.1, -0.05) is 17.7 Å². The van der Waals surface area contributed by atoms with Crippen molar-refractivity contribution in [2.45, 2.75) is 24.8 Å². The predicted octanol–water partition coefficient (Wildman–Crippen LogP) is 3.48. The maximum atomic E-state index is 12.8. The Morgan fingerprint density at radius 1 is 1.50 bits per heavy atom. The lowest BCUT2D eigenvalue weighted by atomic mass is 9.87. The number of anilines is 1. The lowest BCUT2D eigenvalue weighted by molar-refractivity contribution is -0.384.